The number of nitrogens with one attached hydrogen (secondary N) is 2. The molecule has 0 aliphatic rings. The quantitative estimate of drug-likeness (QED) is 0.201. The van der Waals surface area contributed by atoms with Crippen molar-refractivity contribution < 1.29 is 23.7 Å². The molecular weight excluding hydrogens is 478 g/mol. The second kappa shape index (κ2) is 12.0. The molecule has 0 unspecified atom stereocenters. The minimum absolute atomic E-state index is 0.0215. The van der Waals surface area contributed by atoms with Crippen LogP contribution in [0.5, 0.6) is 11.5 Å². The maximum atomic E-state index is 14.2. The lowest BCUT2D eigenvalue weighted by molar-refractivity contribution is -0.0180. The topological polar surface area (TPSA) is 94.6 Å². The molecular formula is C29H30F2N2O4. The highest BCUT2D eigenvalue weighted by Gasteiger charge is 2.30. The Bertz CT molecular complexity index is 1360. The van der Waals surface area contributed by atoms with Gasteiger partial charge in [-0.1, -0.05) is 48.5 Å². The number of phenols is 1. The number of alkyl halides is 2. The van der Waals surface area contributed by atoms with Gasteiger partial charge < -0.3 is 25.3 Å². The molecule has 4 N–H and O–H groups in total. The number of aromatic nitrogens is 1. The van der Waals surface area contributed by atoms with Gasteiger partial charge in [0.15, 0.2) is 0 Å². The number of aromatic amines is 1. The average molecular weight is 509 g/mol. The third-order valence-corrected chi connectivity index (χ3v) is 6.22. The van der Waals surface area contributed by atoms with Crippen LogP contribution in [-0.2, 0) is 12.3 Å². The first kappa shape index (κ1) is 26.3. The van der Waals surface area contributed by atoms with E-state index in [9.17, 15) is 23.8 Å². The van der Waals surface area contributed by atoms with Crippen LogP contribution < -0.4 is 15.6 Å². The van der Waals surface area contributed by atoms with Crippen LogP contribution in [0.1, 0.15) is 35.6 Å². The summed E-state index contributed by atoms with van der Waals surface area (Å²) in [6.07, 6.45) is -0.133. The number of halogens is 2. The van der Waals surface area contributed by atoms with Gasteiger partial charge in [-0.2, -0.15) is 0 Å². The fraction of sp³-hybridized carbons (Fsp3) is 0.276. The molecule has 0 fully saturated rings. The molecule has 1 aromatic heterocycles. The van der Waals surface area contributed by atoms with E-state index in [1.54, 1.807) is 30.3 Å². The van der Waals surface area contributed by atoms with E-state index < -0.39 is 12.0 Å². The zero-order valence-corrected chi connectivity index (χ0v) is 20.3. The second-order valence-electron chi connectivity index (χ2n) is 8.92. The molecule has 1 heterocycles. The number of pyridine rings is 1. The maximum Gasteiger partial charge on any atom is 0.273 e. The van der Waals surface area contributed by atoms with E-state index in [1.165, 1.54) is 24.3 Å². The van der Waals surface area contributed by atoms with Gasteiger partial charge in [-0.3, -0.25) is 4.79 Å². The Hall–Kier alpha value is -3.75. The fourth-order valence-electron chi connectivity index (χ4n) is 4.19. The average Bonchev–Trinajstić information content (AvgIpc) is 2.91. The second-order valence-corrected chi connectivity index (χ2v) is 8.92. The van der Waals surface area contributed by atoms with E-state index in [0.717, 1.165) is 12.0 Å². The Morgan fingerprint density at radius 3 is 2.49 bits per heavy atom. The highest BCUT2D eigenvalue weighted by molar-refractivity contribution is 5.87. The van der Waals surface area contributed by atoms with Gasteiger partial charge in [0.2, 0.25) is 5.56 Å². The smallest absolute Gasteiger partial charge is 0.273 e. The number of fused-ring (bicyclic) bond motifs is 1. The number of hydrogen-bond donors (Lipinski definition) is 4. The Kier molecular flexibility index (Phi) is 8.53. The molecule has 8 heteroatoms. The van der Waals surface area contributed by atoms with Crippen molar-refractivity contribution in [2.24, 2.45) is 0 Å². The summed E-state index contributed by atoms with van der Waals surface area (Å²) in [6, 6.07) is 21.4. The van der Waals surface area contributed by atoms with Crippen LogP contribution in [0.15, 0.2) is 83.7 Å². The third kappa shape index (κ3) is 6.93. The molecule has 194 valence electrons. The van der Waals surface area contributed by atoms with Crippen molar-refractivity contribution in [2.75, 3.05) is 19.7 Å². The zero-order valence-electron chi connectivity index (χ0n) is 20.3. The van der Waals surface area contributed by atoms with E-state index >= 15 is 0 Å². The summed E-state index contributed by atoms with van der Waals surface area (Å²) in [6.45, 7) is 1.13. The Morgan fingerprint density at radius 2 is 1.73 bits per heavy atom. The van der Waals surface area contributed by atoms with Crippen molar-refractivity contribution in [1.29, 1.82) is 0 Å². The molecule has 0 radical (unpaired) electrons. The largest absolute Gasteiger partial charge is 0.506 e. The summed E-state index contributed by atoms with van der Waals surface area (Å²) in [5.74, 6) is -2.29. The molecule has 0 aliphatic carbocycles. The van der Waals surface area contributed by atoms with Gasteiger partial charge in [0.05, 0.1) is 18.2 Å². The lowest BCUT2D eigenvalue weighted by atomic mass is 10.0. The van der Waals surface area contributed by atoms with Gasteiger partial charge in [0.1, 0.15) is 11.5 Å². The van der Waals surface area contributed by atoms with Crippen LogP contribution in [0.3, 0.4) is 0 Å². The molecule has 1 atom stereocenters. The van der Waals surface area contributed by atoms with Crippen LogP contribution in [0.25, 0.3) is 10.9 Å². The molecule has 0 saturated heterocycles. The number of phenolic OH excluding ortho intramolecular Hbond substituents is 1. The number of aliphatic hydroxyl groups excluding tert-OH is 1. The summed E-state index contributed by atoms with van der Waals surface area (Å²) in [5, 5.41) is 24.4. The summed E-state index contributed by atoms with van der Waals surface area (Å²) < 4.78 is 34.1. The molecule has 4 rings (SSSR count). The molecule has 0 amide bonds. The van der Waals surface area contributed by atoms with Crippen LogP contribution in [-0.4, -0.2) is 34.9 Å². The van der Waals surface area contributed by atoms with Gasteiger partial charge in [-0.15, -0.1) is 0 Å². The monoisotopic (exact) mass is 508 g/mol. The summed E-state index contributed by atoms with van der Waals surface area (Å²) >= 11 is 0. The lowest BCUT2D eigenvalue weighted by Gasteiger charge is -2.16. The van der Waals surface area contributed by atoms with Crippen molar-refractivity contribution >= 4 is 10.9 Å². The number of benzene rings is 3. The summed E-state index contributed by atoms with van der Waals surface area (Å²) in [5.41, 5.74) is 1.68. The molecule has 6 nitrogen and oxygen atoms in total. The van der Waals surface area contributed by atoms with E-state index in [0.29, 0.717) is 35.3 Å². The SMILES string of the molecule is O=c1ccc2c([C@@H](O)CNCCc3ccc(OCCCC(F)(F)c4ccccc4)cc3)ccc(O)c2[nH]1. The molecule has 4 aromatic rings. The van der Waals surface area contributed by atoms with E-state index in [4.69, 9.17) is 4.74 Å². The Balaban J connectivity index is 1.19. The maximum absolute atomic E-state index is 14.2. The van der Waals surface area contributed by atoms with Gasteiger partial charge in [-0.05, 0) is 54.8 Å². The standard InChI is InChI=1S/C29H30F2N2O4/c30-29(31,21-5-2-1-3-6-21)16-4-18-37-22-9-7-20(8-10-22)15-17-32-19-26(35)23-11-13-25(34)28-24(23)12-14-27(36)33-28/h1-3,5-14,26,32,34-35H,4,15-19H2,(H,33,36)/t26-/m0/s1. The number of H-pyrrole nitrogens is 1. The van der Waals surface area contributed by atoms with Crippen molar-refractivity contribution in [2.45, 2.75) is 31.3 Å². The summed E-state index contributed by atoms with van der Waals surface area (Å²) in [4.78, 5) is 14.2. The normalized spacial score (nSPS) is 12.5. The van der Waals surface area contributed by atoms with Crippen LogP contribution in [0.4, 0.5) is 8.78 Å². The number of aliphatic hydroxyl groups is 1. The predicted octanol–water partition coefficient (Wildman–Crippen LogP) is 5.05. The van der Waals surface area contributed by atoms with Gasteiger partial charge in [0.25, 0.3) is 5.92 Å². The number of hydrogen-bond acceptors (Lipinski definition) is 5. The van der Waals surface area contributed by atoms with Crippen molar-refractivity contribution in [1.82, 2.24) is 10.3 Å². The minimum Gasteiger partial charge on any atom is -0.506 e. The van der Waals surface area contributed by atoms with Gasteiger partial charge in [0, 0.05) is 30.0 Å². The Labute approximate surface area is 213 Å². The van der Waals surface area contributed by atoms with E-state index in [2.05, 4.69) is 10.3 Å². The van der Waals surface area contributed by atoms with Crippen molar-refractivity contribution in [3.8, 4) is 11.5 Å². The first-order chi connectivity index (χ1) is 17.8. The van der Waals surface area contributed by atoms with Crippen molar-refractivity contribution in [3.05, 3.63) is 106 Å². The molecule has 3 aromatic carbocycles. The zero-order chi connectivity index (χ0) is 26.3. The lowest BCUT2D eigenvalue weighted by Crippen LogP contribution is -2.24. The molecule has 37 heavy (non-hydrogen) atoms. The van der Waals surface area contributed by atoms with Gasteiger partial charge >= 0.3 is 0 Å². The minimum atomic E-state index is -2.87. The van der Waals surface area contributed by atoms with Crippen LogP contribution >= 0.6 is 0 Å². The first-order valence-corrected chi connectivity index (χ1v) is 12.2. The number of rotatable bonds is 12. The van der Waals surface area contributed by atoms with Gasteiger partial charge in [-0.25, -0.2) is 8.78 Å². The van der Waals surface area contributed by atoms with E-state index in [1.807, 2.05) is 24.3 Å². The molecule has 0 saturated carbocycles. The molecule has 0 aliphatic heterocycles. The predicted molar refractivity (Wildman–Crippen MR) is 139 cm³/mol. The Morgan fingerprint density at radius 1 is 0.973 bits per heavy atom. The van der Waals surface area contributed by atoms with Crippen molar-refractivity contribution in [3.63, 3.8) is 0 Å². The third-order valence-electron chi connectivity index (χ3n) is 6.22. The highest BCUT2D eigenvalue weighted by atomic mass is 19.3. The first-order valence-electron chi connectivity index (χ1n) is 12.2. The summed E-state index contributed by atoms with van der Waals surface area (Å²) in [7, 11) is 0. The van der Waals surface area contributed by atoms with E-state index in [-0.39, 0.29) is 36.3 Å². The number of ether oxygens (including phenoxy) is 1. The highest BCUT2D eigenvalue weighted by Crippen LogP contribution is 2.32. The molecule has 0 bridgehead atoms. The fourth-order valence-corrected chi connectivity index (χ4v) is 4.19. The number of aromatic hydroxyl groups is 1. The van der Waals surface area contributed by atoms with Crippen LogP contribution in [0.2, 0.25) is 0 Å². The molecule has 0 spiro atoms. The van der Waals surface area contributed by atoms with Crippen LogP contribution in [0, 0.1) is 0 Å².